The van der Waals surface area contributed by atoms with Gasteiger partial charge >= 0.3 is 11.9 Å². The molecule has 0 saturated heterocycles. The van der Waals surface area contributed by atoms with Gasteiger partial charge in [0.25, 0.3) is 5.91 Å². The minimum atomic E-state index is -0.861. The first kappa shape index (κ1) is 22.6. The molecule has 2 aromatic carbocycles. The van der Waals surface area contributed by atoms with Crippen LogP contribution in [0.3, 0.4) is 0 Å². The first-order chi connectivity index (χ1) is 14.4. The summed E-state index contributed by atoms with van der Waals surface area (Å²) in [7, 11) is 0. The number of benzene rings is 2. The van der Waals surface area contributed by atoms with Crippen LogP contribution in [-0.4, -0.2) is 42.9 Å². The first-order valence-corrected chi connectivity index (χ1v) is 9.45. The van der Waals surface area contributed by atoms with Gasteiger partial charge in [-0.3, -0.25) is 14.4 Å². The molecule has 0 aliphatic carbocycles. The maximum atomic E-state index is 12.3. The number of ether oxygens (including phenoxy) is 2. The van der Waals surface area contributed by atoms with E-state index in [0.717, 1.165) is 5.56 Å². The Bertz CT molecular complexity index is 880. The Morgan fingerprint density at radius 2 is 1.63 bits per heavy atom. The average Bonchev–Trinajstić information content (AvgIpc) is 2.72. The topological polar surface area (TPSA) is 111 Å². The third-order valence-corrected chi connectivity index (χ3v) is 3.98. The molecule has 0 spiro atoms. The molecule has 0 aromatic heterocycles. The van der Waals surface area contributed by atoms with Crippen LogP contribution < -0.4 is 15.4 Å². The van der Waals surface area contributed by atoms with Crippen molar-refractivity contribution in [1.82, 2.24) is 10.6 Å². The second-order valence-corrected chi connectivity index (χ2v) is 6.36. The molecular weight excluding hydrogens is 388 g/mol. The van der Waals surface area contributed by atoms with Gasteiger partial charge in [-0.1, -0.05) is 30.3 Å². The lowest BCUT2D eigenvalue weighted by atomic mass is 10.1. The molecule has 0 bridgehead atoms. The van der Waals surface area contributed by atoms with Crippen LogP contribution in [0.15, 0.2) is 54.6 Å². The average molecular weight is 412 g/mol. The molecule has 0 aliphatic heterocycles. The van der Waals surface area contributed by atoms with E-state index in [1.807, 2.05) is 30.3 Å². The maximum Gasteiger partial charge on any atom is 0.328 e. The molecule has 0 unspecified atom stereocenters. The Hall–Kier alpha value is -3.68. The predicted molar refractivity (Wildman–Crippen MR) is 109 cm³/mol. The van der Waals surface area contributed by atoms with Gasteiger partial charge in [0.15, 0.2) is 0 Å². The van der Waals surface area contributed by atoms with E-state index >= 15 is 0 Å². The van der Waals surface area contributed by atoms with Gasteiger partial charge in [-0.25, -0.2) is 4.79 Å². The maximum absolute atomic E-state index is 12.3. The van der Waals surface area contributed by atoms with E-state index in [1.165, 1.54) is 31.2 Å². The van der Waals surface area contributed by atoms with Gasteiger partial charge in [-0.2, -0.15) is 0 Å². The Morgan fingerprint density at radius 3 is 2.23 bits per heavy atom. The molecule has 8 nitrogen and oxygen atoms in total. The van der Waals surface area contributed by atoms with Crippen molar-refractivity contribution in [2.75, 3.05) is 13.2 Å². The van der Waals surface area contributed by atoms with E-state index < -0.39 is 29.8 Å². The van der Waals surface area contributed by atoms with Crippen LogP contribution in [0, 0.1) is 0 Å². The van der Waals surface area contributed by atoms with E-state index in [-0.39, 0.29) is 19.6 Å². The summed E-state index contributed by atoms with van der Waals surface area (Å²) in [6.07, 6.45) is 0.275. The van der Waals surface area contributed by atoms with Crippen molar-refractivity contribution in [1.29, 1.82) is 0 Å². The minimum Gasteiger partial charge on any atom is -0.464 e. The van der Waals surface area contributed by atoms with E-state index in [1.54, 1.807) is 6.92 Å². The Balaban J connectivity index is 1.91. The molecule has 2 rings (SSSR count). The standard InChI is InChI=1S/C22H24N2O6/c1-3-29-22(28)19(13-16-7-5-4-6-8-16)24-20(26)14-23-21(27)17-9-11-18(12-10-17)30-15(2)25/h4-12,19H,3,13-14H2,1-2H3,(H,23,27)(H,24,26)/t19-/m0/s1. The number of hydrogen-bond acceptors (Lipinski definition) is 6. The molecule has 2 N–H and O–H groups in total. The van der Waals surface area contributed by atoms with Crippen LogP contribution >= 0.6 is 0 Å². The molecule has 1 atom stereocenters. The molecular formula is C22H24N2O6. The van der Waals surface area contributed by atoms with Crippen LogP contribution in [0.5, 0.6) is 5.75 Å². The largest absolute Gasteiger partial charge is 0.464 e. The number of hydrogen-bond donors (Lipinski definition) is 2. The Kier molecular flexibility index (Phi) is 8.56. The Labute approximate surface area is 174 Å². The van der Waals surface area contributed by atoms with Crippen molar-refractivity contribution in [2.24, 2.45) is 0 Å². The zero-order valence-electron chi connectivity index (χ0n) is 16.8. The molecule has 0 radical (unpaired) electrons. The third kappa shape index (κ3) is 7.38. The van der Waals surface area contributed by atoms with Crippen LogP contribution in [-0.2, 0) is 25.5 Å². The van der Waals surface area contributed by atoms with Gasteiger partial charge in [0, 0.05) is 18.9 Å². The SMILES string of the molecule is CCOC(=O)[C@H](Cc1ccccc1)NC(=O)CNC(=O)c1ccc(OC(C)=O)cc1. The van der Waals surface area contributed by atoms with Gasteiger partial charge < -0.3 is 20.1 Å². The van der Waals surface area contributed by atoms with Gasteiger partial charge in [0.2, 0.25) is 5.91 Å². The summed E-state index contributed by atoms with van der Waals surface area (Å²) in [4.78, 5) is 47.6. The van der Waals surface area contributed by atoms with Crippen molar-refractivity contribution < 1.29 is 28.7 Å². The summed E-state index contributed by atoms with van der Waals surface area (Å²) in [5.74, 6) is -1.68. The Morgan fingerprint density at radius 1 is 0.967 bits per heavy atom. The van der Waals surface area contributed by atoms with E-state index in [2.05, 4.69) is 10.6 Å². The van der Waals surface area contributed by atoms with E-state index in [9.17, 15) is 19.2 Å². The summed E-state index contributed by atoms with van der Waals surface area (Å²) < 4.78 is 9.94. The smallest absolute Gasteiger partial charge is 0.328 e. The fourth-order valence-electron chi connectivity index (χ4n) is 2.63. The third-order valence-electron chi connectivity index (χ3n) is 3.98. The number of amides is 2. The van der Waals surface area contributed by atoms with Gasteiger partial charge in [0.1, 0.15) is 11.8 Å². The van der Waals surface area contributed by atoms with Crippen molar-refractivity contribution in [2.45, 2.75) is 26.3 Å². The second kappa shape index (κ2) is 11.4. The highest BCUT2D eigenvalue weighted by molar-refractivity contribution is 5.97. The number of rotatable bonds is 9. The first-order valence-electron chi connectivity index (χ1n) is 9.45. The van der Waals surface area contributed by atoms with Gasteiger partial charge in [-0.05, 0) is 36.8 Å². The number of esters is 2. The molecule has 0 aliphatic rings. The van der Waals surface area contributed by atoms with Crippen LogP contribution in [0.1, 0.15) is 29.8 Å². The lowest BCUT2D eigenvalue weighted by Crippen LogP contribution is -2.47. The summed E-state index contributed by atoms with van der Waals surface area (Å²) >= 11 is 0. The number of carbonyl (C=O) groups excluding carboxylic acids is 4. The summed E-state index contributed by atoms with van der Waals surface area (Å²) in [6, 6.07) is 14.3. The molecule has 0 heterocycles. The fraction of sp³-hybridized carbons (Fsp3) is 0.273. The molecule has 30 heavy (non-hydrogen) atoms. The van der Waals surface area contributed by atoms with Crippen LogP contribution in [0.4, 0.5) is 0 Å². The highest BCUT2D eigenvalue weighted by atomic mass is 16.5. The highest BCUT2D eigenvalue weighted by Gasteiger charge is 2.22. The van der Waals surface area contributed by atoms with Crippen molar-refractivity contribution in [3.05, 3.63) is 65.7 Å². The fourth-order valence-corrected chi connectivity index (χ4v) is 2.63. The lowest BCUT2D eigenvalue weighted by Gasteiger charge is -2.17. The zero-order chi connectivity index (χ0) is 21.9. The van der Waals surface area contributed by atoms with Gasteiger partial charge in [0.05, 0.1) is 13.2 Å². The monoisotopic (exact) mass is 412 g/mol. The molecule has 0 fully saturated rings. The van der Waals surface area contributed by atoms with E-state index in [0.29, 0.717) is 11.3 Å². The van der Waals surface area contributed by atoms with Crippen molar-refractivity contribution in [3.63, 3.8) is 0 Å². The lowest BCUT2D eigenvalue weighted by molar-refractivity contribution is -0.147. The van der Waals surface area contributed by atoms with E-state index in [4.69, 9.17) is 9.47 Å². The van der Waals surface area contributed by atoms with Crippen molar-refractivity contribution >= 4 is 23.8 Å². The molecule has 158 valence electrons. The van der Waals surface area contributed by atoms with Crippen LogP contribution in [0.2, 0.25) is 0 Å². The molecule has 2 amide bonds. The van der Waals surface area contributed by atoms with Crippen LogP contribution in [0.25, 0.3) is 0 Å². The zero-order valence-corrected chi connectivity index (χ0v) is 16.8. The molecule has 2 aromatic rings. The normalized spacial score (nSPS) is 11.1. The predicted octanol–water partition coefficient (Wildman–Crippen LogP) is 1.63. The summed E-state index contributed by atoms with van der Waals surface area (Å²) in [5, 5.41) is 5.09. The van der Waals surface area contributed by atoms with Gasteiger partial charge in [-0.15, -0.1) is 0 Å². The quantitative estimate of drug-likeness (QED) is 0.478. The molecule has 0 saturated carbocycles. The van der Waals surface area contributed by atoms with Crippen molar-refractivity contribution in [3.8, 4) is 5.75 Å². The molecule has 8 heteroatoms. The summed E-state index contributed by atoms with van der Waals surface area (Å²) in [5.41, 5.74) is 1.16. The number of nitrogens with one attached hydrogen (secondary N) is 2. The minimum absolute atomic E-state index is 0.195. The highest BCUT2D eigenvalue weighted by Crippen LogP contribution is 2.12. The number of carbonyl (C=O) groups is 4. The second-order valence-electron chi connectivity index (χ2n) is 6.36. The summed E-state index contributed by atoms with van der Waals surface area (Å²) in [6.45, 7) is 2.85.